The van der Waals surface area contributed by atoms with Gasteiger partial charge < -0.3 is 20.5 Å². The molecule has 0 unspecified atom stereocenters. The summed E-state index contributed by atoms with van der Waals surface area (Å²) in [7, 11) is 3.20. The Morgan fingerprint density at radius 3 is 2.69 bits per heavy atom. The molecule has 0 aliphatic heterocycles. The van der Waals surface area contributed by atoms with Crippen LogP contribution in [-0.2, 0) is 6.42 Å². The van der Waals surface area contributed by atoms with Gasteiger partial charge in [-0.05, 0) is 43.2 Å². The van der Waals surface area contributed by atoms with E-state index in [0.29, 0.717) is 35.0 Å². The molecule has 2 aromatic heterocycles. The molecule has 0 bridgehead atoms. The first-order chi connectivity index (χ1) is 12.5. The van der Waals surface area contributed by atoms with Crippen molar-refractivity contribution in [1.29, 1.82) is 0 Å². The molecule has 2 heterocycles. The van der Waals surface area contributed by atoms with Crippen molar-refractivity contribution in [3.63, 3.8) is 0 Å². The minimum atomic E-state index is -0.177. The largest absolute Gasteiger partial charge is 0.493 e. The quantitative estimate of drug-likeness (QED) is 0.695. The predicted molar refractivity (Wildman–Crippen MR) is 104 cm³/mol. The lowest BCUT2D eigenvalue weighted by molar-refractivity contribution is 0.0959. The standard InChI is InChI=1S/C19H21N3O3S/c1-11-4-6-13-16(20)17(26-19(13)22-11)18(23)21-9-8-12-5-7-14(24-2)15(10-12)25-3/h4-7,10H,8-9,20H2,1-3H3,(H,21,23). The second kappa shape index (κ2) is 7.61. The van der Waals surface area contributed by atoms with Crippen LogP contribution in [0, 0.1) is 6.92 Å². The molecule has 6 nitrogen and oxygen atoms in total. The monoisotopic (exact) mass is 371 g/mol. The summed E-state index contributed by atoms with van der Waals surface area (Å²) in [5.41, 5.74) is 8.56. The number of thiophene rings is 1. The molecule has 26 heavy (non-hydrogen) atoms. The number of ether oxygens (including phenoxy) is 2. The summed E-state index contributed by atoms with van der Waals surface area (Å²) in [6, 6.07) is 9.52. The SMILES string of the molecule is COc1ccc(CCNC(=O)c2sc3nc(C)ccc3c2N)cc1OC. The zero-order valence-electron chi connectivity index (χ0n) is 15.0. The molecule has 3 rings (SSSR count). The highest BCUT2D eigenvalue weighted by Crippen LogP contribution is 2.32. The summed E-state index contributed by atoms with van der Waals surface area (Å²) >= 11 is 1.32. The van der Waals surface area contributed by atoms with Crippen LogP contribution in [0.4, 0.5) is 5.69 Å². The van der Waals surface area contributed by atoms with Crippen molar-refractivity contribution in [1.82, 2.24) is 10.3 Å². The maximum atomic E-state index is 12.5. The van der Waals surface area contributed by atoms with Crippen molar-refractivity contribution < 1.29 is 14.3 Å². The van der Waals surface area contributed by atoms with Gasteiger partial charge in [-0.1, -0.05) is 6.07 Å². The Balaban J connectivity index is 1.67. The van der Waals surface area contributed by atoms with E-state index in [9.17, 15) is 4.79 Å². The summed E-state index contributed by atoms with van der Waals surface area (Å²) in [6.45, 7) is 2.41. The van der Waals surface area contributed by atoms with E-state index >= 15 is 0 Å². The molecule has 0 aliphatic rings. The van der Waals surface area contributed by atoms with Gasteiger partial charge in [-0.2, -0.15) is 0 Å². The number of pyridine rings is 1. The van der Waals surface area contributed by atoms with Crippen molar-refractivity contribution in [3.8, 4) is 11.5 Å². The Labute approximate surface area is 155 Å². The normalized spacial score (nSPS) is 10.7. The number of nitrogen functional groups attached to an aromatic ring is 1. The van der Waals surface area contributed by atoms with Crippen molar-refractivity contribution in [3.05, 3.63) is 46.5 Å². The summed E-state index contributed by atoms with van der Waals surface area (Å²) in [6.07, 6.45) is 0.675. The number of benzene rings is 1. The number of aryl methyl sites for hydroxylation is 1. The second-order valence-corrected chi connectivity index (χ2v) is 6.84. The van der Waals surface area contributed by atoms with Gasteiger partial charge in [-0.25, -0.2) is 4.98 Å². The number of rotatable bonds is 6. The number of hydrogen-bond acceptors (Lipinski definition) is 6. The molecular formula is C19H21N3O3S. The third-order valence-corrected chi connectivity index (χ3v) is 5.20. The van der Waals surface area contributed by atoms with Gasteiger partial charge in [0.2, 0.25) is 0 Å². The number of fused-ring (bicyclic) bond motifs is 1. The smallest absolute Gasteiger partial charge is 0.263 e. The summed E-state index contributed by atoms with van der Waals surface area (Å²) in [4.78, 5) is 18.2. The van der Waals surface area contributed by atoms with Gasteiger partial charge in [0.05, 0.1) is 19.9 Å². The second-order valence-electron chi connectivity index (χ2n) is 5.85. The van der Waals surface area contributed by atoms with Crippen molar-refractivity contribution >= 4 is 33.1 Å². The maximum Gasteiger partial charge on any atom is 0.263 e. The van der Waals surface area contributed by atoms with E-state index in [1.807, 2.05) is 37.3 Å². The van der Waals surface area contributed by atoms with Crippen molar-refractivity contribution in [2.24, 2.45) is 0 Å². The van der Waals surface area contributed by atoms with Crippen molar-refractivity contribution in [2.45, 2.75) is 13.3 Å². The molecule has 1 amide bonds. The molecule has 0 aliphatic carbocycles. The first-order valence-corrected chi connectivity index (χ1v) is 9.00. The average Bonchev–Trinajstić information content (AvgIpc) is 2.97. The Morgan fingerprint density at radius 2 is 1.96 bits per heavy atom. The first kappa shape index (κ1) is 18.0. The number of methoxy groups -OCH3 is 2. The number of nitrogens with one attached hydrogen (secondary N) is 1. The van der Waals surface area contributed by atoms with Gasteiger partial charge in [-0.15, -0.1) is 11.3 Å². The number of carbonyl (C=O) groups excluding carboxylic acids is 1. The van der Waals surface area contributed by atoms with Crippen LogP contribution >= 0.6 is 11.3 Å². The number of aromatic nitrogens is 1. The molecule has 0 fully saturated rings. The van der Waals surface area contributed by atoms with E-state index in [1.165, 1.54) is 11.3 Å². The number of carbonyl (C=O) groups is 1. The van der Waals surface area contributed by atoms with Crippen LogP contribution < -0.4 is 20.5 Å². The van der Waals surface area contributed by atoms with Crippen molar-refractivity contribution in [2.75, 3.05) is 26.5 Å². The highest BCUT2D eigenvalue weighted by Gasteiger charge is 2.17. The topological polar surface area (TPSA) is 86.5 Å². The van der Waals surface area contributed by atoms with E-state index in [-0.39, 0.29) is 5.91 Å². The third-order valence-electron chi connectivity index (χ3n) is 4.09. The summed E-state index contributed by atoms with van der Waals surface area (Å²) in [5.74, 6) is 1.18. The molecule has 3 N–H and O–H groups in total. The van der Waals surface area contributed by atoms with Gasteiger partial charge in [0.25, 0.3) is 5.91 Å². The number of amides is 1. The molecule has 3 aromatic rings. The Bertz CT molecular complexity index is 953. The molecule has 136 valence electrons. The maximum absolute atomic E-state index is 12.5. The molecule has 0 spiro atoms. The molecular weight excluding hydrogens is 350 g/mol. The van der Waals surface area contributed by atoms with E-state index in [1.54, 1.807) is 14.2 Å². The molecule has 0 atom stereocenters. The van der Waals surface area contributed by atoms with E-state index in [2.05, 4.69) is 10.3 Å². The fourth-order valence-corrected chi connectivity index (χ4v) is 3.75. The van der Waals surface area contributed by atoms with E-state index < -0.39 is 0 Å². The highest BCUT2D eigenvalue weighted by atomic mass is 32.1. The predicted octanol–water partition coefficient (Wildman–Crippen LogP) is 3.18. The van der Waals surface area contributed by atoms with Crippen LogP contribution in [0.15, 0.2) is 30.3 Å². The van der Waals surface area contributed by atoms with Gasteiger partial charge >= 0.3 is 0 Å². The Kier molecular flexibility index (Phi) is 5.27. The first-order valence-electron chi connectivity index (χ1n) is 8.18. The third kappa shape index (κ3) is 3.57. The fraction of sp³-hybridized carbons (Fsp3) is 0.263. The molecule has 7 heteroatoms. The van der Waals surface area contributed by atoms with Crippen LogP contribution in [-0.4, -0.2) is 31.7 Å². The van der Waals surface area contributed by atoms with Gasteiger partial charge in [-0.3, -0.25) is 4.79 Å². The molecule has 0 saturated carbocycles. The number of hydrogen-bond donors (Lipinski definition) is 2. The van der Waals surface area contributed by atoms with Gasteiger partial charge in [0.1, 0.15) is 9.71 Å². The fourth-order valence-electron chi connectivity index (χ4n) is 2.70. The lowest BCUT2D eigenvalue weighted by atomic mass is 10.1. The lowest BCUT2D eigenvalue weighted by Crippen LogP contribution is -2.25. The summed E-state index contributed by atoms with van der Waals surface area (Å²) < 4.78 is 10.5. The van der Waals surface area contributed by atoms with E-state index in [4.69, 9.17) is 15.2 Å². The zero-order chi connectivity index (χ0) is 18.7. The lowest BCUT2D eigenvalue weighted by Gasteiger charge is -2.10. The van der Waals surface area contributed by atoms with Crippen LogP contribution in [0.2, 0.25) is 0 Å². The minimum Gasteiger partial charge on any atom is -0.493 e. The number of nitrogens with two attached hydrogens (primary N) is 1. The van der Waals surface area contributed by atoms with Crippen LogP contribution in [0.1, 0.15) is 20.9 Å². The van der Waals surface area contributed by atoms with Crippen LogP contribution in [0.3, 0.4) is 0 Å². The number of nitrogens with zero attached hydrogens (tertiary/aromatic N) is 1. The average molecular weight is 371 g/mol. The number of anilines is 1. The van der Waals surface area contributed by atoms with Crippen LogP contribution in [0.5, 0.6) is 11.5 Å². The Morgan fingerprint density at radius 1 is 1.19 bits per heavy atom. The van der Waals surface area contributed by atoms with Gasteiger partial charge in [0, 0.05) is 17.6 Å². The van der Waals surface area contributed by atoms with E-state index in [0.717, 1.165) is 21.5 Å². The van der Waals surface area contributed by atoms with Crippen LogP contribution in [0.25, 0.3) is 10.2 Å². The highest BCUT2D eigenvalue weighted by molar-refractivity contribution is 7.21. The van der Waals surface area contributed by atoms with Gasteiger partial charge in [0.15, 0.2) is 11.5 Å². The summed E-state index contributed by atoms with van der Waals surface area (Å²) in [5, 5.41) is 3.75. The molecule has 1 aromatic carbocycles. The minimum absolute atomic E-state index is 0.177. The molecule has 0 radical (unpaired) electrons. The Hall–Kier alpha value is -2.80. The molecule has 0 saturated heterocycles. The zero-order valence-corrected chi connectivity index (χ0v) is 15.8.